The largest absolute Gasteiger partial charge is 0.393 e. The Morgan fingerprint density at radius 2 is 2.20 bits per heavy atom. The van der Waals surface area contributed by atoms with Crippen LogP contribution in [0.1, 0.15) is 30.1 Å². The normalized spacial score (nSPS) is 17.9. The van der Waals surface area contributed by atoms with Gasteiger partial charge in [-0.3, -0.25) is 4.79 Å². The minimum absolute atomic E-state index is 0.0713. The number of amides is 1. The van der Waals surface area contributed by atoms with Gasteiger partial charge in [0.25, 0.3) is 5.91 Å². The van der Waals surface area contributed by atoms with E-state index in [1.54, 1.807) is 24.9 Å². The summed E-state index contributed by atoms with van der Waals surface area (Å²) in [4.78, 5) is 18.4. The zero-order chi connectivity index (χ0) is 14.7. The maximum atomic E-state index is 12.5. The molecule has 0 bridgehead atoms. The van der Waals surface area contributed by atoms with Gasteiger partial charge in [-0.1, -0.05) is 11.6 Å². The molecular weight excluding hydrogens is 278 g/mol. The van der Waals surface area contributed by atoms with E-state index in [2.05, 4.69) is 10.3 Å². The summed E-state index contributed by atoms with van der Waals surface area (Å²) in [7, 11) is 1.75. The number of nitrogens with one attached hydrogen (secondary N) is 1. The molecule has 1 aromatic heterocycles. The fraction of sp³-hybridized carbons (Fsp3) is 0.571. The summed E-state index contributed by atoms with van der Waals surface area (Å²) >= 11 is 6.07. The number of halogens is 1. The van der Waals surface area contributed by atoms with Gasteiger partial charge in [0.1, 0.15) is 5.82 Å². The Bertz CT molecular complexity index is 485. The molecule has 1 atom stereocenters. The predicted octanol–water partition coefficient (Wildman–Crippen LogP) is 2.01. The Hall–Kier alpha value is -1.33. The number of aliphatic hydroxyl groups is 1. The Morgan fingerprint density at radius 1 is 1.55 bits per heavy atom. The van der Waals surface area contributed by atoms with Gasteiger partial charge in [0, 0.05) is 26.3 Å². The Balaban J connectivity index is 2.09. The van der Waals surface area contributed by atoms with Crippen LogP contribution >= 0.6 is 11.6 Å². The minimum Gasteiger partial charge on any atom is -0.393 e. The summed E-state index contributed by atoms with van der Waals surface area (Å²) < 4.78 is 0. The van der Waals surface area contributed by atoms with E-state index in [-0.39, 0.29) is 17.9 Å². The predicted molar refractivity (Wildman–Crippen MR) is 79.1 cm³/mol. The van der Waals surface area contributed by atoms with Crippen molar-refractivity contribution in [3.8, 4) is 0 Å². The number of hydrogen-bond donors (Lipinski definition) is 2. The molecule has 1 aromatic rings. The highest BCUT2D eigenvalue weighted by Gasteiger charge is 2.27. The first-order chi connectivity index (χ1) is 9.52. The van der Waals surface area contributed by atoms with Gasteiger partial charge in [-0.25, -0.2) is 4.98 Å². The minimum atomic E-state index is -0.312. The third kappa shape index (κ3) is 3.22. The van der Waals surface area contributed by atoms with Crippen molar-refractivity contribution in [3.05, 3.63) is 22.8 Å². The van der Waals surface area contributed by atoms with Gasteiger partial charge in [0.05, 0.1) is 16.7 Å². The number of hydrogen-bond acceptors (Lipinski definition) is 4. The first-order valence-corrected chi connectivity index (χ1v) is 7.21. The van der Waals surface area contributed by atoms with E-state index in [1.807, 2.05) is 0 Å². The van der Waals surface area contributed by atoms with Crippen LogP contribution in [0.3, 0.4) is 0 Å². The smallest absolute Gasteiger partial charge is 0.255 e. The van der Waals surface area contributed by atoms with E-state index >= 15 is 0 Å². The van der Waals surface area contributed by atoms with Crippen LogP contribution in [-0.4, -0.2) is 47.1 Å². The van der Waals surface area contributed by atoms with Crippen molar-refractivity contribution in [3.63, 3.8) is 0 Å². The van der Waals surface area contributed by atoms with Crippen LogP contribution in [0.25, 0.3) is 0 Å². The number of rotatable bonds is 3. The molecule has 1 aliphatic rings. The molecule has 0 radical (unpaired) electrons. The van der Waals surface area contributed by atoms with Crippen LogP contribution in [0.15, 0.2) is 12.3 Å². The molecule has 2 rings (SSSR count). The van der Waals surface area contributed by atoms with Crippen LogP contribution < -0.4 is 5.32 Å². The average Bonchev–Trinajstić information content (AvgIpc) is 2.47. The van der Waals surface area contributed by atoms with Crippen molar-refractivity contribution >= 4 is 23.3 Å². The second-order valence-electron chi connectivity index (χ2n) is 5.17. The zero-order valence-corrected chi connectivity index (χ0v) is 12.5. The Morgan fingerprint density at radius 3 is 2.75 bits per heavy atom. The maximum absolute atomic E-state index is 12.5. The first kappa shape index (κ1) is 15.1. The van der Waals surface area contributed by atoms with Crippen molar-refractivity contribution in [1.82, 2.24) is 9.88 Å². The average molecular weight is 298 g/mol. The molecule has 1 fully saturated rings. The summed E-state index contributed by atoms with van der Waals surface area (Å²) in [5, 5.41) is 12.9. The van der Waals surface area contributed by atoms with Gasteiger partial charge < -0.3 is 15.3 Å². The van der Waals surface area contributed by atoms with Gasteiger partial charge in [-0.2, -0.15) is 0 Å². The van der Waals surface area contributed by atoms with E-state index in [1.165, 1.54) is 6.20 Å². The van der Waals surface area contributed by atoms with Gasteiger partial charge in [-0.15, -0.1) is 0 Å². The van der Waals surface area contributed by atoms with Gasteiger partial charge in [0.15, 0.2) is 0 Å². The molecule has 1 aliphatic heterocycles. The van der Waals surface area contributed by atoms with Gasteiger partial charge >= 0.3 is 0 Å². The van der Waals surface area contributed by atoms with Crippen LogP contribution in [0.2, 0.25) is 5.02 Å². The van der Waals surface area contributed by atoms with E-state index in [0.717, 1.165) is 12.8 Å². The van der Waals surface area contributed by atoms with Crippen LogP contribution in [0.4, 0.5) is 5.82 Å². The number of anilines is 1. The number of likely N-dealkylation sites (tertiary alicyclic amines) is 1. The third-order valence-electron chi connectivity index (χ3n) is 3.85. The van der Waals surface area contributed by atoms with Crippen LogP contribution in [-0.2, 0) is 0 Å². The molecule has 1 amide bonds. The molecular formula is C14H20ClN3O2. The van der Waals surface area contributed by atoms with Crippen molar-refractivity contribution in [2.45, 2.75) is 25.9 Å². The van der Waals surface area contributed by atoms with Crippen LogP contribution in [0.5, 0.6) is 0 Å². The fourth-order valence-corrected chi connectivity index (χ4v) is 2.68. The summed E-state index contributed by atoms with van der Waals surface area (Å²) in [5.41, 5.74) is 0.474. The first-order valence-electron chi connectivity index (χ1n) is 6.83. The zero-order valence-electron chi connectivity index (χ0n) is 11.8. The molecule has 0 aromatic carbocycles. The lowest BCUT2D eigenvalue weighted by Crippen LogP contribution is -2.40. The highest BCUT2D eigenvalue weighted by atomic mass is 35.5. The SMILES string of the molecule is CNc1cc(C(=O)N2CCC(C(C)O)CC2)c(Cl)cn1. The molecule has 6 heteroatoms. The molecule has 1 unspecified atom stereocenters. The Labute approximate surface area is 123 Å². The lowest BCUT2D eigenvalue weighted by atomic mass is 9.92. The molecule has 2 N–H and O–H groups in total. The van der Waals surface area contributed by atoms with E-state index in [9.17, 15) is 9.90 Å². The molecule has 110 valence electrons. The number of pyridine rings is 1. The standard InChI is InChI=1S/C14H20ClN3O2/c1-9(19)10-3-5-18(6-4-10)14(20)11-7-13(16-2)17-8-12(11)15/h7-10,19H,3-6H2,1-2H3,(H,16,17). The maximum Gasteiger partial charge on any atom is 0.255 e. The van der Waals surface area contributed by atoms with Crippen molar-refractivity contribution in [2.24, 2.45) is 5.92 Å². The number of carbonyl (C=O) groups is 1. The summed E-state index contributed by atoms with van der Waals surface area (Å²) in [6.45, 7) is 3.12. The second-order valence-corrected chi connectivity index (χ2v) is 5.58. The van der Waals surface area contributed by atoms with E-state index < -0.39 is 0 Å². The van der Waals surface area contributed by atoms with Crippen LogP contribution in [0, 0.1) is 5.92 Å². The topological polar surface area (TPSA) is 65.5 Å². The third-order valence-corrected chi connectivity index (χ3v) is 4.15. The number of piperidine rings is 1. The molecule has 5 nitrogen and oxygen atoms in total. The molecule has 1 saturated heterocycles. The molecule has 0 aliphatic carbocycles. The van der Waals surface area contributed by atoms with E-state index in [4.69, 9.17) is 11.6 Å². The summed E-state index contributed by atoms with van der Waals surface area (Å²) in [6.07, 6.45) is 2.83. The van der Waals surface area contributed by atoms with E-state index in [0.29, 0.717) is 29.5 Å². The highest BCUT2D eigenvalue weighted by Crippen LogP contribution is 2.25. The summed E-state index contributed by atoms with van der Waals surface area (Å²) in [5.74, 6) is 0.828. The lowest BCUT2D eigenvalue weighted by Gasteiger charge is -2.33. The van der Waals surface area contributed by atoms with Gasteiger partial charge in [0.2, 0.25) is 0 Å². The number of aromatic nitrogens is 1. The Kier molecular flexibility index (Phi) is 4.83. The van der Waals surface area contributed by atoms with Crippen molar-refractivity contribution < 1.29 is 9.90 Å². The monoisotopic (exact) mass is 297 g/mol. The lowest BCUT2D eigenvalue weighted by molar-refractivity contribution is 0.0521. The molecule has 0 spiro atoms. The molecule has 20 heavy (non-hydrogen) atoms. The van der Waals surface area contributed by atoms with Crippen molar-refractivity contribution in [2.75, 3.05) is 25.5 Å². The van der Waals surface area contributed by atoms with Crippen molar-refractivity contribution in [1.29, 1.82) is 0 Å². The quantitative estimate of drug-likeness (QED) is 0.896. The fourth-order valence-electron chi connectivity index (χ4n) is 2.49. The van der Waals surface area contributed by atoms with Gasteiger partial charge in [-0.05, 0) is 31.7 Å². The number of carbonyl (C=O) groups excluding carboxylic acids is 1. The number of aliphatic hydroxyl groups excluding tert-OH is 1. The highest BCUT2D eigenvalue weighted by molar-refractivity contribution is 6.33. The summed E-state index contributed by atoms with van der Waals surface area (Å²) in [6, 6.07) is 1.67. The number of nitrogens with zero attached hydrogens (tertiary/aromatic N) is 2. The second kappa shape index (κ2) is 6.41. The molecule has 2 heterocycles. The molecule has 0 saturated carbocycles.